The molecular formula is C8H5ClN4O4. The fourth-order valence-electron chi connectivity index (χ4n) is 1.29. The Hall–Kier alpha value is -2.22. The number of anilines is 1. The van der Waals surface area contributed by atoms with Gasteiger partial charge in [-0.2, -0.15) is 0 Å². The van der Waals surface area contributed by atoms with Gasteiger partial charge in [-0.05, 0) is 16.4 Å². The molecule has 17 heavy (non-hydrogen) atoms. The third kappa shape index (κ3) is 2.02. The van der Waals surface area contributed by atoms with Crippen LogP contribution in [0.4, 0.5) is 11.4 Å². The van der Waals surface area contributed by atoms with Gasteiger partial charge >= 0.3 is 5.69 Å². The van der Waals surface area contributed by atoms with Gasteiger partial charge in [0.25, 0.3) is 0 Å². The Kier molecular flexibility index (Phi) is 2.88. The number of hydrogen-bond acceptors (Lipinski definition) is 6. The number of nitrogens with zero attached hydrogens (tertiary/aromatic N) is 3. The van der Waals surface area contributed by atoms with Gasteiger partial charge in [0.15, 0.2) is 5.52 Å². The number of rotatable bonds is 3. The zero-order chi connectivity index (χ0) is 12.4. The van der Waals surface area contributed by atoms with Gasteiger partial charge in [0, 0.05) is 6.07 Å². The van der Waals surface area contributed by atoms with Crippen LogP contribution >= 0.6 is 11.6 Å². The number of non-ortho nitro benzene ring substituents is 1. The number of nitro benzene ring substituents is 1. The zero-order valence-electron chi connectivity index (χ0n) is 8.21. The second-order valence-corrected chi connectivity index (χ2v) is 3.30. The highest BCUT2D eigenvalue weighted by Gasteiger charge is 2.20. The number of fused-ring (bicyclic) bond motifs is 1. The number of benzene rings is 1. The fourth-order valence-corrected chi connectivity index (χ4v) is 1.35. The minimum Gasteiger partial charge on any atom is -0.323 e. The largest absolute Gasteiger partial charge is 0.323 e. The molecule has 0 atom stereocenters. The highest BCUT2D eigenvalue weighted by Crippen LogP contribution is 2.28. The number of halogens is 1. The van der Waals surface area contributed by atoms with E-state index in [2.05, 4.69) is 20.3 Å². The summed E-state index contributed by atoms with van der Waals surface area (Å²) in [6.07, 6.45) is 0. The first-order chi connectivity index (χ1) is 8.13. The number of carbonyl (C=O) groups is 1. The molecule has 1 N–H and O–H groups in total. The van der Waals surface area contributed by atoms with Crippen molar-refractivity contribution in [1.82, 2.24) is 10.3 Å². The molecule has 1 aromatic carbocycles. The van der Waals surface area contributed by atoms with Crippen molar-refractivity contribution in [2.24, 2.45) is 0 Å². The molecule has 0 saturated heterocycles. The Morgan fingerprint density at radius 3 is 2.82 bits per heavy atom. The van der Waals surface area contributed by atoms with E-state index < -0.39 is 10.8 Å². The Morgan fingerprint density at radius 2 is 2.18 bits per heavy atom. The number of amides is 1. The Labute approximate surface area is 98.6 Å². The fraction of sp³-hybridized carbons (Fsp3) is 0.125. The molecule has 0 bridgehead atoms. The Morgan fingerprint density at radius 1 is 1.47 bits per heavy atom. The Balaban J connectivity index is 2.53. The molecule has 0 aliphatic carbocycles. The minimum atomic E-state index is -0.611. The highest BCUT2D eigenvalue weighted by molar-refractivity contribution is 6.29. The number of nitro groups is 1. The molecule has 0 saturated carbocycles. The van der Waals surface area contributed by atoms with Gasteiger partial charge in [0.05, 0.1) is 10.6 Å². The van der Waals surface area contributed by atoms with Gasteiger partial charge < -0.3 is 5.32 Å². The number of carbonyl (C=O) groups excluding carboxylic acids is 1. The Bertz CT molecular complexity index is 596. The maximum atomic E-state index is 11.1. The molecule has 0 unspecified atom stereocenters. The van der Waals surface area contributed by atoms with Crippen LogP contribution < -0.4 is 5.32 Å². The minimum absolute atomic E-state index is 0.0256. The van der Waals surface area contributed by atoms with Gasteiger partial charge in [-0.25, -0.2) is 4.63 Å². The topological polar surface area (TPSA) is 111 Å². The van der Waals surface area contributed by atoms with E-state index in [1.54, 1.807) is 0 Å². The third-order valence-electron chi connectivity index (χ3n) is 1.99. The van der Waals surface area contributed by atoms with Gasteiger partial charge in [-0.3, -0.25) is 14.9 Å². The summed E-state index contributed by atoms with van der Waals surface area (Å²) in [5.74, 6) is -0.686. The molecule has 0 fully saturated rings. The molecule has 88 valence electrons. The van der Waals surface area contributed by atoms with Gasteiger partial charge in [-0.1, -0.05) is 0 Å². The highest BCUT2D eigenvalue weighted by atomic mass is 35.5. The van der Waals surface area contributed by atoms with E-state index in [1.165, 1.54) is 12.1 Å². The molecular weight excluding hydrogens is 252 g/mol. The molecule has 1 aromatic heterocycles. The van der Waals surface area contributed by atoms with Crippen molar-refractivity contribution in [3.8, 4) is 0 Å². The van der Waals surface area contributed by atoms with E-state index >= 15 is 0 Å². The predicted octanol–water partition coefficient (Wildman–Crippen LogP) is 1.31. The number of hydrogen-bond donors (Lipinski definition) is 1. The van der Waals surface area contributed by atoms with Gasteiger partial charge in [0.2, 0.25) is 11.4 Å². The van der Waals surface area contributed by atoms with Gasteiger partial charge in [-0.15, -0.1) is 11.6 Å². The SMILES string of the molecule is O=C(CCl)Nc1ccc([N+](=O)[O-])c2nonc12. The van der Waals surface area contributed by atoms with Gasteiger partial charge in [0.1, 0.15) is 5.88 Å². The second kappa shape index (κ2) is 4.34. The monoisotopic (exact) mass is 256 g/mol. The van der Waals surface area contributed by atoms with Crippen molar-refractivity contribution >= 4 is 39.9 Å². The smallest absolute Gasteiger partial charge is 0.300 e. The summed E-state index contributed by atoms with van der Waals surface area (Å²) in [5, 5.41) is 20.0. The molecule has 0 aliphatic heterocycles. The van der Waals surface area contributed by atoms with E-state index in [1.807, 2.05) is 0 Å². The number of aromatic nitrogens is 2. The molecule has 0 aliphatic rings. The quantitative estimate of drug-likeness (QED) is 0.503. The first kappa shape index (κ1) is 11.3. The molecule has 9 heteroatoms. The maximum absolute atomic E-state index is 11.1. The van der Waals surface area contributed by atoms with E-state index in [9.17, 15) is 14.9 Å². The summed E-state index contributed by atoms with van der Waals surface area (Å²) < 4.78 is 4.42. The summed E-state index contributed by atoms with van der Waals surface area (Å²) in [7, 11) is 0. The molecule has 2 rings (SSSR count). The lowest BCUT2D eigenvalue weighted by Crippen LogP contribution is -2.12. The predicted molar refractivity (Wildman–Crippen MR) is 57.8 cm³/mol. The lowest BCUT2D eigenvalue weighted by molar-refractivity contribution is -0.383. The van der Waals surface area contributed by atoms with Crippen LogP contribution in [0.25, 0.3) is 11.0 Å². The molecule has 0 radical (unpaired) electrons. The lowest BCUT2D eigenvalue weighted by atomic mass is 10.2. The molecule has 1 amide bonds. The summed E-state index contributed by atoms with van der Waals surface area (Å²) in [6.45, 7) is 0. The van der Waals surface area contributed by atoms with Crippen LogP contribution in [-0.2, 0) is 4.79 Å². The van der Waals surface area contributed by atoms with Crippen LogP contribution in [0.2, 0.25) is 0 Å². The first-order valence-corrected chi connectivity index (χ1v) is 4.92. The van der Waals surface area contributed by atoms with Crippen molar-refractivity contribution in [3.05, 3.63) is 22.2 Å². The molecule has 1 heterocycles. The van der Waals surface area contributed by atoms with E-state index in [-0.39, 0.29) is 28.3 Å². The van der Waals surface area contributed by atoms with Crippen molar-refractivity contribution in [2.45, 2.75) is 0 Å². The number of alkyl halides is 1. The van der Waals surface area contributed by atoms with Crippen molar-refractivity contribution in [2.75, 3.05) is 11.2 Å². The normalized spacial score (nSPS) is 10.4. The summed E-state index contributed by atoms with van der Waals surface area (Å²) in [4.78, 5) is 21.2. The average molecular weight is 257 g/mol. The van der Waals surface area contributed by atoms with Crippen molar-refractivity contribution in [1.29, 1.82) is 0 Å². The number of nitrogens with one attached hydrogen (secondary N) is 1. The summed E-state index contributed by atoms with van der Waals surface area (Å²) >= 11 is 5.33. The molecule has 0 spiro atoms. The van der Waals surface area contributed by atoms with Crippen molar-refractivity contribution < 1.29 is 14.3 Å². The van der Waals surface area contributed by atoms with Crippen LogP contribution in [0, 0.1) is 10.1 Å². The molecule has 8 nitrogen and oxygen atoms in total. The third-order valence-corrected chi connectivity index (χ3v) is 2.23. The van der Waals surface area contributed by atoms with Crippen LogP contribution in [0.5, 0.6) is 0 Å². The van der Waals surface area contributed by atoms with Crippen LogP contribution in [0.15, 0.2) is 16.8 Å². The lowest BCUT2D eigenvalue weighted by Gasteiger charge is -2.02. The maximum Gasteiger partial charge on any atom is 0.300 e. The standard InChI is InChI=1S/C8H5ClN4O4/c9-3-6(14)10-4-1-2-5(13(15)16)8-7(4)11-17-12-8/h1-2H,3H2,(H,10,14). The zero-order valence-corrected chi connectivity index (χ0v) is 8.97. The van der Waals surface area contributed by atoms with Crippen LogP contribution in [0.1, 0.15) is 0 Å². The van der Waals surface area contributed by atoms with Crippen LogP contribution in [0.3, 0.4) is 0 Å². The van der Waals surface area contributed by atoms with E-state index in [0.717, 1.165) is 0 Å². The first-order valence-electron chi connectivity index (χ1n) is 4.39. The van der Waals surface area contributed by atoms with Crippen molar-refractivity contribution in [3.63, 3.8) is 0 Å². The molecule has 2 aromatic rings. The summed E-state index contributed by atoms with van der Waals surface area (Å²) in [5.41, 5.74) is 0.0997. The van der Waals surface area contributed by atoms with E-state index in [0.29, 0.717) is 0 Å². The summed E-state index contributed by atoms with van der Waals surface area (Å²) in [6, 6.07) is 2.55. The van der Waals surface area contributed by atoms with E-state index in [4.69, 9.17) is 11.6 Å². The second-order valence-electron chi connectivity index (χ2n) is 3.03. The van der Waals surface area contributed by atoms with Crippen LogP contribution in [-0.4, -0.2) is 27.0 Å². The average Bonchev–Trinajstić information content (AvgIpc) is 2.77.